The van der Waals surface area contributed by atoms with Crippen molar-refractivity contribution in [2.45, 2.75) is 32.2 Å². The van der Waals surface area contributed by atoms with Crippen molar-refractivity contribution in [3.05, 3.63) is 29.8 Å². The fraction of sp³-hybridized carbons (Fsp3) is 0.500. The highest BCUT2D eigenvalue weighted by atomic mass is 35.5. The van der Waals surface area contributed by atoms with E-state index in [-0.39, 0.29) is 30.1 Å². The van der Waals surface area contributed by atoms with Gasteiger partial charge in [0.15, 0.2) is 5.78 Å². The average molecular weight is 327 g/mol. The van der Waals surface area contributed by atoms with Crippen LogP contribution < -0.4 is 10.5 Å². The van der Waals surface area contributed by atoms with Crippen LogP contribution in [0, 0.1) is 0 Å². The topological polar surface area (TPSA) is 72.6 Å². The lowest BCUT2D eigenvalue weighted by Gasteiger charge is -2.15. The maximum absolute atomic E-state index is 11.9. The van der Waals surface area contributed by atoms with E-state index < -0.39 is 0 Å². The molecule has 2 N–H and O–H groups in total. The third kappa shape index (κ3) is 5.31. The molecule has 122 valence electrons. The van der Waals surface area contributed by atoms with Gasteiger partial charge in [-0.1, -0.05) is 12.1 Å². The number of halogens is 1. The number of ketones is 1. The summed E-state index contributed by atoms with van der Waals surface area (Å²) in [6.45, 7) is 3.42. The van der Waals surface area contributed by atoms with E-state index in [9.17, 15) is 9.59 Å². The summed E-state index contributed by atoms with van der Waals surface area (Å²) >= 11 is 0. The zero-order valence-corrected chi connectivity index (χ0v) is 13.6. The fourth-order valence-corrected chi connectivity index (χ4v) is 2.39. The van der Waals surface area contributed by atoms with Gasteiger partial charge in [0.25, 0.3) is 0 Å². The molecule has 0 saturated carbocycles. The summed E-state index contributed by atoms with van der Waals surface area (Å²) in [7, 11) is 0. The van der Waals surface area contributed by atoms with E-state index in [1.165, 1.54) is 6.92 Å². The number of carbonyl (C=O) groups is 2. The molecule has 0 bridgehead atoms. The Hall–Kier alpha value is -1.59. The van der Waals surface area contributed by atoms with E-state index in [1.807, 2.05) is 11.0 Å². The normalized spacial score (nSPS) is 17.0. The van der Waals surface area contributed by atoms with Crippen LogP contribution in [0.15, 0.2) is 24.3 Å². The SMILES string of the molecule is CC(=O)c1cccc(OCCCC(=O)N2CC[C@@H](N)C2)c1.Cl. The van der Waals surface area contributed by atoms with Gasteiger partial charge < -0.3 is 15.4 Å². The Morgan fingerprint density at radius 3 is 2.82 bits per heavy atom. The zero-order valence-electron chi connectivity index (χ0n) is 12.8. The molecule has 5 nitrogen and oxygen atoms in total. The molecule has 1 fully saturated rings. The van der Waals surface area contributed by atoms with Crippen molar-refractivity contribution in [2.24, 2.45) is 5.73 Å². The highest BCUT2D eigenvalue weighted by Crippen LogP contribution is 2.15. The molecule has 0 radical (unpaired) electrons. The fourth-order valence-electron chi connectivity index (χ4n) is 2.39. The molecule has 0 aromatic heterocycles. The number of ether oxygens (including phenoxy) is 1. The van der Waals surface area contributed by atoms with Crippen LogP contribution in [-0.2, 0) is 4.79 Å². The van der Waals surface area contributed by atoms with Crippen LogP contribution in [0.1, 0.15) is 36.5 Å². The van der Waals surface area contributed by atoms with Crippen molar-refractivity contribution < 1.29 is 14.3 Å². The first-order valence-corrected chi connectivity index (χ1v) is 7.33. The summed E-state index contributed by atoms with van der Waals surface area (Å²) in [5, 5.41) is 0. The molecule has 22 heavy (non-hydrogen) atoms. The van der Waals surface area contributed by atoms with Gasteiger partial charge in [-0.3, -0.25) is 9.59 Å². The van der Waals surface area contributed by atoms with Crippen molar-refractivity contribution in [1.29, 1.82) is 0 Å². The van der Waals surface area contributed by atoms with Crippen molar-refractivity contribution in [3.63, 3.8) is 0 Å². The Balaban J connectivity index is 0.00000242. The van der Waals surface area contributed by atoms with Crippen LogP contribution in [0.25, 0.3) is 0 Å². The summed E-state index contributed by atoms with van der Waals surface area (Å²) in [6.07, 6.45) is 2.02. The first kappa shape index (κ1) is 18.5. The number of benzene rings is 1. The van der Waals surface area contributed by atoms with E-state index in [0.717, 1.165) is 13.0 Å². The minimum atomic E-state index is 0. The molecule has 1 aliphatic heterocycles. The van der Waals surface area contributed by atoms with Gasteiger partial charge in [-0.25, -0.2) is 0 Å². The number of nitrogens with zero attached hydrogens (tertiary/aromatic N) is 1. The van der Waals surface area contributed by atoms with Crippen molar-refractivity contribution in [1.82, 2.24) is 4.90 Å². The standard InChI is InChI=1S/C16H22N2O3.ClH/c1-12(19)13-4-2-5-15(10-13)21-9-3-6-16(20)18-8-7-14(17)11-18;/h2,4-5,10,14H,3,6-9,11,17H2,1H3;1H/t14-;/m1./s1. The lowest BCUT2D eigenvalue weighted by molar-refractivity contribution is -0.130. The van der Waals surface area contributed by atoms with Crippen LogP contribution >= 0.6 is 12.4 Å². The molecule has 6 heteroatoms. The molecule has 1 atom stereocenters. The Kier molecular flexibility index (Phi) is 7.35. The lowest BCUT2D eigenvalue weighted by Crippen LogP contribution is -2.31. The second-order valence-corrected chi connectivity index (χ2v) is 5.42. The van der Waals surface area contributed by atoms with Gasteiger partial charge in [0.1, 0.15) is 5.75 Å². The van der Waals surface area contributed by atoms with E-state index in [4.69, 9.17) is 10.5 Å². The third-order valence-electron chi connectivity index (χ3n) is 3.62. The molecule has 1 heterocycles. The summed E-state index contributed by atoms with van der Waals surface area (Å²) in [5.41, 5.74) is 6.42. The van der Waals surface area contributed by atoms with Gasteiger partial charge in [-0.15, -0.1) is 12.4 Å². The Bertz CT molecular complexity index is 522. The van der Waals surface area contributed by atoms with Crippen LogP contribution in [0.5, 0.6) is 5.75 Å². The number of hydrogen-bond acceptors (Lipinski definition) is 4. The molecule has 1 aliphatic rings. The quantitative estimate of drug-likeness (QED) is 0.641. The third-order valence-corrected chi connectivity index (χ3v) is 3.62. The molecule has 0 spiro atoms. The lowest BCUT2D eigenvalue weighted by atomic mass is 10.1. The van der Waals surface area contributed by atoms with Gasteiger partial charge in [0.2, 0.25) is 5.91 Å². The maximum atomic E-state index is 11.9. The highest BCUT2D eigenvalue weighted by molar-refractivity contribution is 5.94. The Morgan fingerprint density at radius 2 is 2.18 bits per heavy atom. The summed E-state index contributed by atoms with van der Waals surface area (Å²) in [5.74, 6) is 0.823. The molecule has 1 aromatic carbocycles. The van der Waals surface area contributed by atoms with Crippen LogP contribution in [-0.4, -0.2) is 42.3 Å². The molecule has 0 aliphatic carbocycles. The average Bonchev–Trinajstić information content (AvgIpc) is 2.90. The number of rotatable bonds is 6. The summed E-state index contributed by atoms with van der Waals surface area (Å²) in [6, 6.07) is 7.22. The van der Waals surface area contributed by atoms with Gasteiger partial charge in [0, 0.05) is 31.1 Å². The largest absolute Gasteiger partial charge is 0.494 e. The summed E-state index contributed by atoms with van der Waals surface area (Å²) in [4.78, 5) is 25.0. The maximum Gasteiger partial charge on any atom is 0.222 e. The second-order valence-electron chi connectivity index (χ2n) is 5.42. The number of likely N-dealkylation sites (tertiary alicyclic amines) is 1. The van der Waals surface area contributed by atoms with Crippen molar-refractivity contribution in [3.8, 4) is 5.75 Å². The molecular weight excluding hydrogens is 304 g/mol. The highest BCUT2D eigenvalue weighted by Gasteiger charge is 2.22. The molecular formula is C16H23ClN2O3. The first-order chi connectivity index (χ1) is 10.1. The molecule has 0 unspecified atom stereocenters. The number of hydrogen-bond donors (Lipinski definition) is 1. The minimum Gasteiger partial charge on any atom is -0.494 e. The molecule has 1 aromatic rings. The van der Waals surface area contributed by atoms with Crippen LogP contribution in [0.4, 0.5) is 0 Å². The van der Waals surface area contributed by atoms with Crippen LogP contribution in [0.3, 0.4) is 0 Å². The van der Waals surface area contributed by atoms with Crippen molar-refractivity contribution in [2.75, 3.05) is 19.7 Å². The van der Waals surface area contributed by atoms with Gasteiger partial charge in [0.05, 0.1) is 6.61 Å². The van der Waals surface area contributed by atoms with E-state index >= 15 is 0 Å². The predicted molar refractivity (Wildman–Crippen MR) is 87.6 cm³/mol. The number of nitrogens with two attached hydrogens (primary N) is 1. The number of amides is 1. The molecule has 1 amide bonds. The van der Waals surface area contributed by atoms with Gasteiger partial charge in [-0.05, 0) is 31.9 Å². The van der Waals surface area contributed by atoms with Gasteiger partial charge in [-0.2, -0.15) is 0 Å². The smallest absolute Gasteiger partial charge is 0.222 e. The minimum absolute atomic E-state index is 0. The van der Waals surface area contributed by atoms with Crippen LogP contribution in [0.2, 0.25) is 0 Å². The van der Waals surface area contributed by atoms with E-state index in [1.54, 1.807) is 18.2 Å². The number of carbonyl (C=O) groups excluding carboxylic acids is 2. The van der Waals surface area contributed by atoms with E-state index in [0.29, 0.717) is 37.3 Å². The number of Topliss-reactive ketones (excluding diaryl/α,β-unsaturated/α-hetero) is 1. The van der Waals surface area contributed by atoms with Gasteiger partial charge >= 0.3 is 0 Å². The van der Waals surface area contributed by atoms with Crippen molar-refractivity contribution >= 4 is 24.1 Å². The molecule has 2 rings (SSSR count). The Labute approximate surface area is 137 Å². The van der Waals surface area contributed by atoms with E-state index in [2.05, 4.69) is 0 Å². The zero-order chi connectivity index (χ0) is 15.2. The first-order valence-electron chi connectivity index (χ1n) is 7.33. The molecule has 1 saturated heterocycles. The predicted octanol–water partition coefficient (Wildman–Crippen LogP) is 2.03. The second kappa shape index (κ2) is 8.76. The summed E-state index contributed by atoms with van der Waals surface area (Å²) < 4.78 is 5.58. The Morgan fingerprint density at radius 1 is 1.41 bits per heavy atom. The monoisotopic (exact) mass is 326 g/mol.